The number of halogens is 1. The van der Waals surface area contributed by atoms with Gasteiger partial charge in [0.05, 0.1) is 6.61 Å². The van der Waals surface area contributed by atoms with Crippen LogP contribution in [0.5, 0.6) is 0 Å². The van der Waals surface area contributed by atoms with Crippen molar-refractivity contribution in [2.45, 2.75) is 13.0 Å². The molecule has 118 valence electrons. The average Bonchev–Trinajstić information content (AvgIpc) is 2.88. The van der Waals surface area contributed by atoms with Crippen LogP contribution in [0.2, 0.25) is 5.02 Å². The van der Waals surface area contributed by atoms with Crippen LogP contribution < -0.4 is 16.2 Å². The molecule has 1 atom stereocenters. The largest absolute Gasteiger partial charge is 0.451 e. The maximum atomic E-state index is 12.0. The van der Waals surface area contributed by atoms with Gasteiger partial charge in [-0.25, -0.2) is 0 Å². The Morgan fingerprint density at radius 1 is 1.41 bits per heavy atom. The van der Waals surface area contributed by atoms with Crippen molar-refractivity contribution >= 4 is 45.8 Å². The quantitative estimate of drug-likeness (QED) is 0.585. The van der Waals surface area contributed by atoms with Crippen molar-refractivity contribution in [1.29, 1.82) is 0 Å². The highest BCUT2D eigenvalue weighted by molar-refractivity contribution is 7.80. The van der Waals surface area contributed by atoms with E-state index < -0.39 is 5.91 Å². The van der Waals surface area contributed by atoms with Gasteiger partial charge in [0.25, 0.3) is 0 Å². The van der Waals surface area contributed by atoms with Gasteiger partial charge in [-0.05, 0) is 43.4 Å². The predicted octanol–water partition coefficient (Wildman–Crippen LogP) is 2.23. The van der Waals surface area contributed by atoms with E-state index in [9.17, 15) is 4.79 Å². The fourth-order valence-corrected chi connectivity index (χ4v) is 2.29. The number of nitrogens with one attached hydrogen (secondary N) is 3. The summed E-state index contributed by atoms with van der Waals surface area (Å²) in [5.41, 5.74) is 5.65. The molecule has 0 aliphatic carbocycles. The number of hydrogen-bond acceptors (Lipinski definition) is 4. The first-order valence-corrected chi connectivity index (χ1v) is 7.33. The molecule has 2 rings (SSSR count). The number of thiocarbonyl (C=S) groups is 1. The van der Waals surface area contributed by atoms with Gasteiger partial charge in [0.2, 0.25) is 0 Å². The molecule has 1 heterocycles. The molecule has 8 heteroatoms. The molecule has 0 saturated heterocycles. The number of furan rings is 1. The Bertz CT molecular complexity index is 689. The zero-order valence-electron chi connectivity index (χ0n) is 12.1. The summed E-state index contributed by atoms with van der Waals surface area (Å²) in [5.74, 6) is -0.270. The molecule has 0 bridgehead atoms. The lowest BCUT2D eigenvalue weighted by Gasteiger charge is -2.16. The molecule has 0 saturated carbocycles. The lowest BCUT2D eigenvalue weighted by Crippen LogP contribution is -2.49. The minimum Gasteiger partial charge on any atom is -0.451 e. The van der Waals surface area contributed by atoms with Gasteiger partial charge in [-0.3, -0.25) is 15.6 Å². The van der Waals surface area contributed by atoms with Crippen molar-refractivity contribution in [3.8, 4) is 0 Å². The second-order valence-electron chi connectivity index (χ2n) is 4.70. The topological polar surface area (TPSA) is 75.5 Å². The number of hydrazine groups is 1. The van der Waals surface area contributed by atoms with E-state index in [2.05, 4.69) is 16.2 Å². The summed E-state index contributed by atoms with van der Waals surface area (Å²) in [5, 5.41) is 4.58. The highest BCUT2D eigenvalue weighted by Crippen LogP contribution is 2.22. The van der Waals surface area contributed by atoms with Crippen LogP contribution in [0.4, 0.5) is 0 Å². The van der Waals surface area contributed by atoms with Crippen LogP contribution in [0.1, 0.15) is 17.5 Å². The molecular formula is C14H16ClN3O3S. The van der Waals surface area contributed by atoms with E-state index in [0.29, 0.717) is 17.2 Å². The Kier molecular flexibility index (Phi) is 5.59. The molecule has 0 fully saturated rings. The number of carbonyl (C=O) groups is 1. The smallest absolute Gasteiger partial charge is 0.305 e. The van der Waals surface area contributed by atoms with Gasteiger partial charge < -0.3 is 14.5 Å². The lowest BCUT2D eigenvalue weighted by molar-refractivity contribution is 0.0917. The summed E-state index contributed by atoms with van der Waals surface area (Å²) < 4.78 is 10.4. The van der Waals surface area contributed by atoms with Crippen molar-refractivity contribution in [1.82, 2.24) is 16.2 Å². The number of ether oxygens (including phenoxy) is 1. The van der Waals surface area contributed by atoms with Crippen molar-refractivity contribution < 1.29 is 13.9 Å². The van der Waals surface area contributed by atoms with Crippen molar-refractivity contribution in [2.24, 2.45) is 0 Å². The van der Waals surface area contributed by atoms with Crippen LogP contribution in [0.25, 0.3) is 11.0 Å². The number of benzene rings is 1. The predicted molar refractivity (Wildman–Crippen MR) is 88.9 cm³/mol. The van der Waals surface area contributed by atoms with E-state index in [1.165, 1.54) is 0 Å². The number of methoxy groups -OCH3 is 1. The third kappa shape index (κ3) is 4.33. The Morgan fingerprint density at radius 3 is 2.91 bits per heavy atom. The van der Waals surface area contributed by atoms with E-state index >= 15 is 0 Å². The van der Waals surface area contributed by atoms with E-state index in [1.54, 1.807) is 31.4 Å². The van der Waals surface area contributed by atoms with E-state index in [1.807, 2.05) is 6.92 Å². The zero-order chi connectivity index (χ0) is 16.1. The minimum atomic E-state index is -0.434. The third-order valence-electron chi connectivity index (χ3n) is 2.79. The van der Waals surface area contributed by atoms with Gasteiger partial charge in [-0.1, -0.05) is 11.6 Å². The highest BCUT2D eigenvalue weighted by atomic mass is 35.5. The summed E-state index contributed by atoms with van der Waals surface area (Å²) in [6, 6.07) is 6.77. The van der Waals surface area contributed by atoms with Crippen LogP contribution in [0.3, 0.4) is 0 Å². The van der Waals surface area contributed by atoms with Gasteiger partial charge in [-0.15, -0.1) is 0 Å². The van der Waals surface area contributed by atoms with Crippen molar-refractivity contribution in [3.05, 3.63) is 35.0 Å². The Morgan fingerprint density at radius 2 is 2.18 bits per heavy atom. The third-order valence-corrected chi connectivity index (χ3v) is 3.24. The Labute approximate surface area is 138 Å². The molecule has 6 nitrogen and oxygen atoms in total. The summed E-state index contributed by atoms with van der Waals surface area (Å²) in [4.78, 5) is 12.0. The molecule has 0 aliphatic rings. The summed E-state index contributed by atoms with van der Waals surface area (Å²) in [6.07, 6.45) is 0. The van der Waals surface area contributed by atoms with Crippen LogP contribution >= 0.6 is 23.8 Å². The van der Waals surface area contributed by atoms with E-state index in [-0.39, 0.29) is 16.9 Å². The van der Waals surface area contributed by atoms with Gasteiger partial charge in [0.15, 0.2) is 10.9 Å². The van der Waals surface area contributed by atoms with Crippen LogP contribution in [-0.4, -0.2) is 30.8 Å². The second kappa shape index (κ2) is 7.44. The molecule has 0 unspecified atom stereocenters. The van der Waals surface area contributed by atoms with Gasteiger partial charge in [0, 0.05) is 23.6 Å². The zero-order valence-corrected chi connectivity index (χ0v) is 13.7. The minimum absolute atomic E-state index is 0.0234. The van der Waals surface area contributed by atoms with Crippen molar-refractivity contribution in [3.63, 3.8) is 0 Å². The highest BCUT2D eigenvalue weighted by Gasteiger charge is 2.13. The first-order valence-electron chi connectivity index (χ1n) is 6.54. The average molecular weight is 342 g/mol. The summed E-state index contributed by atoms with van der Waals surface area (Å²) in [7, 11) is 1.60. The lowest BCUT2D eigenvalue weighted by atomic mass is 10.2. The van der Waals surface area contributed by atoms with E-state index in [0.717, 1.165) is 5.39 Å². The molecule has 3 N–H and O–H groups in total. The molecule has 1 aromatic carbocycles. The molecule has 1 amide bonds. The normalized spacial score (nSPS) is 12.0. The van der Waals surface area contributed by atoms with Gasteiger partial charge in [0.1, 0.15) is 5.58 Å². The summed E-state index contributed by atoms with van der Waals surface area (Å²) >= 11 is 10.9. The monoisotopic (exact) mass is 341 g/mol. The Hall–Kier alpha value is -1.83. The fourth-order valence-electron chi connectivity index (χ4n) is 1.85. The molecular weight excluding hydrogens is 326 g/mol. The number of fused-ring (bicyclic) bond motifs is 1. The van der Waals surface area contributed by atoms with Crippen LogP contribution in [-0.2, 0) is 4.74 Å². The SMILES string of the molecule is COC[C@H](C)NC(=S)NNC(=O)c1cc2cc(Cl)ccc2o1. The molecule has 0 spiro atoms. The number of rotatable bonds is 4. The molecule has 0 radical (unpaired) electrons. The van der Waals surface area contributed by atoms with Crippen LogP contribution in [0.15, 0.2) is 28.7 Å². The standard InChI is InChI=1S/C14H16ClN3O3S/c1-8(7-20-2)16-14(22)18-17-13(19)12-6-9-5-10(15)3-4-11(9)21-12/h3-6,8H,7H2,1-2H3,(H,17,19)(H2,16,18,22)/t8-/m0/s1. The molecule has 0 aliphatic heterocycles. The Balaban J connectivity index is 1.92. The van der Waals surface area contributed by atoms with Gasteiger partial charge >= 0.3 is 5.91 Å². The molecule has 1 aromatic heterocycles. The first-order chi connectivity index (χ1) is 10.5. The summed E-state index contributed by atoms with van der Waals surface area (Å²) in [6.45, 7) is 2.41. The van der Waals surface area contributed by atoms with Crippen LogP contribution in [0, 0.1) is 0 Å². The fraction of sp³-hybridized carbons (Fsp3) is 0.286. The second-order valence-corrected chi connectivity index (χ2v) is 5.55. The maximum absolute atomic E-state index is 12.0. The maximum Gasteiger partial charge on any atom is 0.305 e. The number of carbonyl (C=O) groups excluding carboxylic acids is 1. The molecule has 22 heavy (non-hydrogen) atoms. The first kappa shape index (κ1) is 16.5. The van der Waals surface area contributed by atoms with E-state index in [4.69, 9.17) is 33.0 Å². The molecule has 2 aromatic rings. The van der Waals surface area contributed by atoms with Gasteiger partial charge in [-0.2, -0.15) is 0 Å². The number of amides is 1. The number of hydrogen-bond donors (Lipinski definition) is 3. The van der Waals surface area contributed by atoms with Crippen molar-refractivity contribution in [2.75, 3.05) is 13.7 Å².